The Labute approximate surface area is 190 Å². The lowest BCUT2D eigenvalue weighted by Crippen LogP contribution is -1.89. The number of thiophene rings is 1. The molecule has 5 aromatic rings. The van der Waals surface area contributed by atoms with E-state index >= 15 is 0 Å². The molecule has 0 bridgehead atoms. The van der Waals surface area contributed by atoms with Gasteiger partial charge in [-0.15, -0.1) is 11.3 Å². The summed E-state index contributed by atoms with van der Waals surface area (Å²) < 4.78 is 0. The molecule has 0 aromatic carbocycles. The molecule has 2 N–H and O–H groups in total. The Kier molecular flexibility index (Phi) is 5.07. The molecular formula is C26H23N5S. The van der Waals surface area contributed by atoms with Gasteiger partial charge in [0.05, 0.1) is 27.5 Å². The predicted molar refractivity (Wildman–Crippen MR) is 135 cm³/mol. The summed E-state index contributed by atoms with van der Waals surface area (Å²) in [6.45, 7) is 10.0. The van der Waals surface area contributed by atoms with Crippen molar-refractivity contribution in [3.8, 4) is 22.0 Å². The monoisotopic (exact) mass is 437 g/mol. The van der Waals surface area contributed by atoms with Crippen LogP contribution >= 0.6 is 11.3 Å². The van der Waals surface area contributed by atoms with Crippen LogP contribution in [0.2, 0.25) is 0 Å². The van der Waals surface area contributed by atoms with Crippen LogP contribution in [0, 0.1) is 6.92 Å². The fraction of sp³-hybridized carbons (Fsp3) is 0.115. The predicted octanol–water partition coefficient (Wildman–Crippen LogP) is 7.07. The molecule has 0 spiro atoms. The highest BCUT2D eigenvalue weighted by Gasteiger charge is 2.16. The molecule has 5 nitrogen and oxygen atoms in total. The maximum absolute atomic E-state index is 4.95. The van der Waals surface area contributed by atoms with Gasteiger partial charge in [-0.3, -0.25) is 10.1 Å². The highest BCUT2D eigenvalue weighted by molar-refractivity contribution is 7.15. The van der Waals surface area contributed by atoms with Gasteiger partial charge in [0.25, 0.3) is 0 Å². The maximum atomic E-state index is 4.95. The Hall–Kier alpha value is -3.77. The Bertz CT molecular complexity index is 1530. The topological polar surface area (TPSA) is 70.2 Å². The Morgan fingerprint density at radius 1 is 1.09 bits per heavy atom. The van der Waals surface area contributed by atoms with E-state index in [-0.39, 0.29) is 0 Å². The van der Waals surface area contributed by atoms with E-state index in [9.17, 15) is 0 Å². The fourth-order valence-corrected chi connectivity index (χ4v) is 4.67. The lowest BCUT2D eigenvalue weighted by atomic mass is 10.1. The second-order valence-electron chi connectivity index (χ2n) is 7.72. The molecule has 0 amide bonds. The van der Waals surface area contributed by atoms with Crippen molar-refractivity contribution in [2.75, 3.05) is 0 Å². The molecule has 0 atom stereocenters. The van der Waals surface area contributed by atoms with Crippen LogP contribution in [0.1, 0.15) is 24.4 Å². The number of aromatic nitrogens is 5. The molecule has 5 aromatic heterocycles. The number of H-pyrrole nitrogens is 2. The van der Waals surface area contributed by atoms with Crippen molar-refractivity contribution in [2.24, 2.45) is 0 Å². The molecule has 5 heterocycles. The van der Waals surface area contributed by atoms with Gasteiger partial charge in [-0.25, -0.2) is 4.98 Å². The molecule has 0 aliphatic rings. The van der Waals surface area contributed by atoms with Crippen molar-refractivity contribution in [2.45, 2.75) is 20.8 Å². The van der Waals surface area contributed by atoms with Crippen molar-refractivity contribution in [3.05, 3.63) is 83.5 Å². The lowest BCUT2D eigenvalue weighted by molar-refractivity contribution is 1.12. The lowest BCUT2D eigenvalue weighted by Gasteiger charge is -2.03. The van der Waals surface area contributed by atoms with Gasteiger partial charge in [-0.2, -0.15) is 5.10 Å². The molecule has 0 aliphatic carbocycles. The quantitative estimate of drug-likeness (QED) is 0.289. The van der Waals surface area contributed by atoms with E-state index in [1.54, 1.807) is 11.3 Å². The van der Waals surface area contributed by atoms with Gasteiger partial charge in [0.15, 0.2) is 0 Å². The second kappa shape index (κ2) is 8.05. The van der Waals surface area contributed by atoms with Crippen LogP contribution in [0.15, 0.2) is 73.0 Å². The molecule has 6 heteroatoms. The van der Waals surface area contributed by atoms with E-state index in [0.29, 0.717) is 0 Å². The van der Waals surface area contributed by atoms with Gasteiger partial charge in [0.2, 0.25) is 0 Å². The average molecular weight is 438 g/mol. The number of hydrogen-bond acceptors (Lipinski definition) is 4. The minimum Gasteiger partial charge on any atom is -0.353 e. The molecule has 0 fully saturated rings. The molecule has 32 heavy (non-hydrogen) atoms. The second-order valence-corrected chi connectivity index (χ2v) is 9.00. The molecule has 158 valence electrons. The molecule has 0 unspecified atom stereocenters. The SMILES string of the molecule is C=C/C(C)=C\C(=C/C)c1ccc2[nH]nc(-c3cc4c(-c5ccc(C)s5)nccc4[nH]3)c2n1. The number of pyridine rings is 2. The van der Waals surface area contributed by atoms with Gasteiger partial charge in [-0.1, -0.05) is 30.4 Å². The van der Waals surface area contributed by atoms with Crippen molar-refractivity contribution >= 4 is 38.8 Å². The van der Waals surface area contributed by atoms with Crippen LogP contribution in [0.25, 0.3) is 49.5 Å². The van der Waals surface area contributed by atoms with Crippen LogP contribution in [-0.2, 0) is 0 Å². The summed E-state index contributed by atoms with van der Waals surface area (Å²) in [5.41, 5.74) is 8.49. The molecule has 5 rings (SSSR count). The number of nitrogens with zero attached hydrogens (tertiary/aromatic N) is 3. The summed E-state index contributed by atoms with van der Waals surface area (Å²) in [6, 6.07) is 12.4. The highest BCUT2D eigenvalue weighted by Crippen LogP contribution is 2.35. The Balaban J connectivity index is 1.64. The van der Waals surface area contributed by atoms with Crippen LogP contribution in [0.5, 0.6) is 0 Å². The maximum Gasteiger partial charge on any atom is 0.135 e. The number of hydrogen-bond donors (Lipinski definition) is 2. The van der Waals surface area contributed by atoms with Gasteiger partial charge in [0, 0.05) is 22.0 Å². The molecule has 0 saturated carbocycles. The number of aryl methyl sites for hydroxylation is 1. The van der Waals surface area contributed by atoms with Crippen LogP contribution < -0.4 is 0 Å². The van der Waals surface area contributed by atoms with Crippen molar-refractivity contribution < 1.29 is 0 Å². The zero-order valence-corrected chi connectivity index (χ0v) is 19.0. The van der Waals surface area contributed by atoms with Crippen molar-refractivity contribution in [3.63, 3.8) is 0 Å². The molecule has 0 aliphatic heterocycles. The number of aromatic amines is 2. The van der Waals surface area contributed by atoms with E-state index in [2.05, 4.69) is 64.0 Å². The standard InChI is InChI=1S/C26H23N5S/c1-5-15(3)13-17(6-2)19-8-9-21-25(29-19)26(31-30-21)22-14-18-20(28-22)11-12-27-24(18)23-10-7-16(4)32-23/h5-14,28H,1H2,2-4H3,(H,30,31)/b15-13-,17-6+. The minimum absolute atomic E-state index is 0.797. The average Bonchev–Trinajstić information content (AvgIpc) is 3.53. The first-order valence-corrected chi connectivity index (χ1v) is 11.3. The smallest absolute Gasteiger partial charge is 0.135 e. The first-order valence-electron chi connectivity index (χ1n) is 10.4. The number of allylic oxidation sites excluding steroid dienone is 5. The summed E-state index contributed by atoms with van der Waals surface area (Å²) >= 11 is 1.75. The summed E-state index contributed by atoms with van der Waals surface area (Å²) in [5.74, 6) is 0. The van der Waals surface area contributed by atoms with Gasteiger partial charge >= 0.3 is 0 Å². The van der Waals surface area contributed by atoms with Crippen LogP contribution in [-0.4, -0.2) is 25.1 Å². The van der Waals surface area contributed by atoms with Crippen LogP contribution in [0.4, 0.5) is 0 Å². The van der Waals surface area contributed by atoms with E-state index < -0.39 is 0 Å². The highest BCUT2D eigenvalue weighted by atomic mass is 32.1. The first-order chi connectivity index (χ1) is 15.6. The summed E-state index contributed by atoms with van der Waals surface area (Å²) in [4.78, 5) is 15.5. The molecule has 0 radical (unpaired) electrons. The molecule has 0 saturated heterocycles. The fourth-order valence-electron chi connectivity index (χ4n) is 3.80. The van der Waals surface area contributed by atoms with E-state index in [4.69, 9.17) is 4.98 Å². The van der Waals surface area contributed by atoms with Crippen molar-refractivity contribution in [1.82, 2.24) is 25.1 Å². The number of fused-ring (bicyclic) bond motifs is 2. The van der Waals surface area contributed by atoms with Gasteiger partial charge < -0.3 is 4.98 Å². The Morgan fingerprint density at radius 2 is 1.97 bits per heavy atom. The van der Waals surface area contributed by atoms with E-state index in [0.717, 1.165) is 60.7 Å². The molecular weight excluding hydrogens is 414 g/mol. The summed E-state index contributed by atoms with van der Waals surface area (Å²) in [5, 5.41) is 8.78. The number of rotatable bonds is 5. The third-order valence-electron chi connectivity index (χ3n) is 5.50. The van der Waals surface area contributed by atoms with Crippen LogP contribution in [0.3, 0.4) is 0 Å². The third kappa shape index (κ3) is 3.48. The third-order valence-corrected chi connectivity index (χ3v) is 6.50. The van der Waals surface area contributed by atoms with Gasteiger partial charge in [-0.05, 0) is 62.7 Å². The largest absolute Gasteiger partial charge is 0.353 e. The Morgan fingerprint density at radius 3 is 2.72 bits per heavy atom. The zero-order chi connectivity index (χ0) is 22.2. The normalized spacial score (nSPS) is 12.7. The zero-order valence-electron chi connectivity index (χ0n) is 18.2. The van der Waals surface area contributed by atoms with E-state index in [1.807, 2.05) is 44.3 Å². The summed E-state index contributed by atoms with van der Waals surface area (Å²) in [7, 11) is 0. The first kappa shape index (κ1) is 20.2. The van der Waals surface area contributed by atoms with Gasteiger partial charge in [0.1, 0.15) is 11.2 Å². The number of nitrogens with one attached hydrogen (secondary N) is 2. The minimum atomic E-state index is 0.797. The summed E-state index contributed by atoms with van der Waals surface area (Å²) in [6.07, 6.45) is 7.84. The van der Waals surface area contributed by atoms with E-state index in [1.165, 1.54) is 4.88 Å². The van der Waals surface area contributed by atoms with Crippen molar-refractivity contribution in [1.29, 1.82) is 0 Å².